The predicted molar refractivity (Wildman–Crippen MR) is 105 cm³/mol. The van der Waals surface area contributed by atoms with E-state index in [1.54, 1.807) is 0 Å². The van der Waals surface area contributed by atoms with Gasteiger partial charge in [0.2, 0.25) is 5.91 Å². The first kappa shape index (κ1) is 19.7. The molecular formula is C22H32N2O3. The Bertz CT molecular complexity index is 611. The number of cyclic esters (lactones) is 1. The summed E-state index contributed by atoms with van der Waals surface area (Å²) in [5.41, 5.74) is 1.01. The molecule has 2 amide bonds. The van der Waals surface area contributed by atoms with Gasteiger partial charge in [0.25, 0.3) is 0 Å². The zero-order chi connectivity index (χ0) is 19.1. The molecule has 0 bridgehead atoms. The highest BCUT2D eigenvalue weighted by Gasteiger charge is 2.37. The molecule has 0 spiro atoms. The van der Waals surface area contributed by atoms with Crippen molar-refractivity contribution in [2.24, 2.45) is 0 Å². The number of amides is 2. The van der Waals surface area contributed by atoms with Crippen molar-refractivity contribution >= 4 is 12.0 Å². The largest absolute Gasteiger partial charge is 0.442 e. The standard InChI is InChI=1S/C22H32N2O3/c1-2-23(21(25)15-18-11-7-6-8-12-18)16-20-17-24(22(26)27-20)19-13-9-4-3-5-10-14-19/h6-8,11-12,19-20H,2-5,9-10,13-17H2,1H3/t20-/m0/s1. The van der Waals surface area contributed by atoms with Gasteiger partial charge in [0.1, 0.15) is 6.10 Å². The Hall–Kier alpha value is -2.04. The van der Waals surface area contributed by atoms with Gasteiger partial charge in [-0.2, -0.15) is 0 Å². The number of nitrogens with zero attached hydrogens (tertiary/aromatic N) is 2. The molecule has 1 aromatic carbocycles. The van der Waals surface area contributed by atoms with Crippen molar-refractivity contribution in [2.75, 3.05) is 19.6 Å². The van der Waals surface area contributed by atoms with Crippen LogP contribution in [-0.4, -0.2) is 53.6 Å². The number of benzene rings is 1. The Balaban J connectivity index is 1.54. The Kier molecular flexibility index (Phi) is 7.13. The summed E-state index contributed by atoms with van der Waals surface area (Å²) in [6, 6.07) is 10.1. The zero-order valence-electron chi connectivity index (χ0n) is 16.4. The van der Waals surface area contributed by atoms with Crippen molar-refractivity contribution in [1.29, 1.82) is 0 Å². The van der Waals surface area contributed by atoms with Crippen molar-refractivity contribution in [1.82, 2.24) is 9.80 Å². The molecule has 1 saturated carbocycles. The molecule has 2 fully saturated rings. The summed E-state index contributed by atoms with van der Waals surface area (Å²) in [4.78, 5) is 28.8. The van der Waals surface area contributed by atoms with Gasteiger partial charge >= 0.3 is 6.09 Å². The maximum atomic E-state index is 12.7. The molecule has 0 unspecified atom stereocenters. The quantitative estimate of drug-likeness (QED) is 0.758. The second-order valence-corrected chi connectivity index (χ2v) is 7.75. The van der Waals surface area contributed by atoms with Crippen LogP contribution in [0.25, 0.3) is 0 Å². The molecule has 0 N–H and O–H groups in total. The van der Waals surface area contributed by atoms with Crippen molar-refractivity contribution < 1.29 is 14.3 Å². The van der Waals surface area contributed by atoms with Gasteiger partial charge in [-0.3, -0.25) is 4.79 Å². The highest BCUT2D eigenvalue weighted by atomic mass is 16.6. The Morgan fingerprint density at radius 1 is 1.11 bits per heavy atom. The van der Waals surface area contributed by atoms with Crippen LogP contribution in [0.2, 0.25) is 0 Å². The summed E-state index contributed by atoms with van der Waals surface area (Å²) in [5.74, 6) is 0.0872. The smallest absolute Gasteiger partial charge is 0.410 e. The van der Waals surface area contributed by atoms with Gasteiger partial charge in [0.05, 0.1) is 19.5 Å². The predicted octanol–water partition coefficient (Wildman–Crippen LogP) is 4.01. The van der Waals surface area contributed by atoms with E-state index in [-0.39, 0.29) is 18.1 Å². The van der Waals surface area contributed by atoms with Gasteiger partial charge in [0.15, 0.2) is 0 Å². The average Bonchev–Trinajstić information content (AvgIpc) is 3.00. The van der Waals surface area contributed by atoms with Gasteiger partial charge in [-0.25, -0.2) is 4.79 Å². The van der Waals surface area contributed by atoms with Gasteiger partial charge in [-0.05, 0) is 25.3 Å². The highest BCUT2D eigenvalue weighted by molar-refractivity contribution is 5.79. The van der Waals surface area contributed by atoms with Crippen LogP contribution in [0.4, 0.5) is 4.79 Å². The van der Waals surface area contributed by atoms with E-state index in [1.807, 2.05) is 47.1 Å². The van der Waals surface area contributed by atoms with E-state index in [9.17, 15) is 9.59 Å². The van der Waals surface area contributed by atoms with Crippen LogP contribution in [0.5, 0.6) is 0 Å². The van der Waals surface area contributed by atoms with E-state index in [0.29, 0.717) is 32.1 Å². The fourth-order valence-electron chi connectivity index (χ4n) is 4.22. The molecule has 1 heterocycles. The number of hydrogen-bond acceptors (Lipinski definition) is 3. The molecule has 0 aromatic heterocycles. The van der Waals surface area contributed by atoms with E-state index >= 15 is 0 Å². The van der Waals surface area contributed by atoms with E-state index in [2.05, 4.69) is 0 Å². The number of rotatable bonds is 6. The third-order valence-corrected chi connectivity index (χ3v) is 5.77. The van der Waals surface area contributed by atoms with E-state index in [4.69, 9.17) is 4.74 Å². The van der Waals surface area contributed by atoms with Crippen molar-refractivity contribution in [3.05, 3.63) is 35.9 Å². The molecule has 5 heteroatoms. The first-order valence-corrected chi connectivity index (χ1v) is 10.5. The number of ether oxygens (including phenoxy) is 1. The van der Waals surface area contributed by atoms with Crippen LogP contribution in [0.3, 0.4) is 0 Å². The van der Waals surface area contributed by atoms with Gasteiger partial charge < -0.3 is 14.5 Å². The van der Waals surface area contributed by atoms with Crippen molar-refractivity contribution in [3.8, 4) is 0 Å². The monoisotopic (exact) mass is 372 g/mol. The minimum atomic E-state index is -0.220. The molecule has 2 aliphatic rings. The number of likely N-dealkylation sites (N-methyl/N-ethyl adjacent to an activating group) is 1. The third-order valence-electron chi connectivity index (χ3n) is 5.77. The average molecular weight is 373 g/mol. The third kappa shape index (κ3) is 5.47. The summed E-state index contributed by atoms with van der Waals surface area (Å²) in [6.45, 7) is 3.70. The van der Waals surface area contributed by atoms with Crippen LogP contribution in [0.15, 0.2) is 30.3 Å². The number of carbonyl (C=O) groups excluding carboxylic acids is 2. The van der Waals surface area contributed by atoms with Crippen LogP contribution in [-0.2, 0) is 16.0 Å². The number of hydrogen-bond donors (Lipinski definition) is 0. The summed E-state index contributed by atoms with van der Waals surface area (Å²) < 4.78 is 5.63. The summed E-state index contributed by atoms with van der Waals surface area (Å²) >= 11 is 0. The first-order valence-electron chi connectivity index (χ1n) is 10.5. The van der Waals surface area contributed by atoms with E-state index in [1.165, 1.54) is 32.1 Å². The lowest BCUT2D eigenvalue weighted by Gasteiger charge is -2.28. The minimum Gasteiger partial charge on any atom is -0.442 e. The van der Waals surface area contributed by atoms with E-state index in [0.717, 1.165) is 18.4 Å². The van der Waals surface area contributed by atoms with Gasteiger partial charge in [-0.15, -0.1) is 0 Å². The lowest BCUT2D eigenvalue weighted by atomic mass is 9.96. The van der Waals surface area contributed by atoms with Crippen LogP contribution < -0.4 is 0 Å². The Morgan fingerprint density at radius 3 is 2.44 bits per heavy atom. The summed E-state index contributed by atoms with van der Waals surface area (Å²) in [7, 11) is 0. The lowest BCUT2D eigenvalue weighted by Crippen LogP contribution is -2.41. The molecule has 1 aliphatic carbocycles. The molecule has 0 radical (unpaired) electrons. The SMILES string of the molecule is CCN(C[C@H]1CN(C2CCCCCCC2)C(=O)O1)C(=O)Cc1ccccc1. The molecule has 27 heavy (non-hydrogen) atoms. The molecule has 1 saturated heterocycles. The fraction of sp³-hybridized carbons (Fsp3) is 0.636. The Morgan fingerprint density at radius 2 is 1.78 bits per heavy atom. The second-order valence-electron chi connectivity index (χ2n) is 7.75. The van der Waals surface area contributed by atoms with Crippen molar-refractivity contribution in [2.45, 2.75) is 70.4 Å². The normalized spacial score (nSPS) is 21.4. The molecule has 5 nitrogen and oxygen atoms in total. The van der Waals surface area contributed by atoms with Crippen LogP contribution in [0.1, 0.15) is 57.4 Å². The summed E-state index contributed by atoms with van der Waals surface area (Å²) in [6.07, 6.45) is 8.35. The molecule has 1 aliphatic heterocycles. The molecule has 1 atom stereocenters. The molecule has 1 aromatic rings. The second kappa shape index (κ2) is 9.77. The fourth-order valence-corrected chi connectivity index (χ4v) is 4.22. The zero-order valence-corrected chi connectivity index (χ0v) is 16.4. The molecule has 148 valence electrons. The first-order chi connectivity index (χ1) is 13.2. The van der Waals surface area contributed by atoms with Crippen LogP contribution in [0, 0.1) is 0 Å². The van der Waals surface area contributed by atoms with Crippen molar-refractivity contribution in [3.63, 3.8) is 0 Å². The summed E-state index contributed by atoms with van der Waals surface area (Å²) in [5, 5.41) is 0. The highest BCUT2D eigenvalue weighted by Crippen LogP contribution is 2.25. The molecule has 3 rings (SSSR count). The molecular weight excluding hydrogens is 340 g/mol. The lowest BCUT2D eigenvalue weighted by molar-refractivity contribution is -0.131. The Labute approximate surface area is 162 Å². The maximum Gasteiger partial charge on any atom is 0.410 e. The van der Waals surface area contributed by atoms with E-state index < -0.39 is 0 Å². The van der Waals surface area contributed by atoms with Gasteiger partial charge in [-0.1, -0.05) is 62.4 Å². The van der Waals surface area contributed by atoms with Gasteiger partial charge in [0, 0.05) is 12.6 Å². The van der Waals surface area contributed by atoms with Crippen LogP contribution >= 0.6 is 0 Å². The minimum absolute atomic E-state index is 0.0872. The number of carbonyl (C=O) groups is 2. The topological polar surface area (TPSA) is 49.9 Å². The maximum absolute atomic E-state index is 12.7.